The molecule has 0 radical (unpaired) electrons. The molecule has 4 heteroatoms. The first-order valence-electron chi connectivity index (χ1n) is 6.46. The Morgan fingerprint density at radius 2 is 0.684 bits per heavy atom. The highest BCUT2D eigenvalue weighted by molar-refractivity contribution is 5.35. The first-order valence-corrected chi connectivity index (χ1v) is 6.46. The molecule has 4 N–H and O–H groups in total. The normalized spacial score (nSPS) is 9.95. The molecule has 4 nitrogen and oxygen atoms in total. The first kappa shape index (κ1) is 20.4. The second-order valence-corrected chi connectivity index (χ2v) is 5.40. The van der Waals surface area contributed by atoms with Crippen LogP contribution in [0.3, 0.4) is 0 Å². The molecule has 0 saturated carbocycles. The molecule has 0 aromatic heterocycles. The fourth-order valence-electron chi connectivity index (χ4n) is 1.70. The molecule has 0 aliphatic rings. The highest BCUT2D eigenvalue weighted by Gasteiger charge is 2.08. The third-order valence-corrected chi connectivity index (χ3v) is 3.00. The zero-order chi connectivity index (χ0) is 15.6. The van der Waals surface area contributed by atoms with Crippen molar-refractivity contribution in [3.05, 3.63) is 34.9 Å². The van der Waals surface area contributed by atoms with Crippen molar-refractivity contribution in [2.75, 3.05) is 0 Å². The van der Waals surface area contributed by atoms with Crippen LogP contribution in [-0.2, 0) is 0 Å². The van der Waals surface area contributed by atoms with Gasteiger partial charge in [-0.05, 0) is 34.4 Å². The standard InChI is InChI=1S/C15H24.2H2O2/c1-10(2)13-7-14(11(3)4)9-15(8-13)12(5)6;2*1-2/h7-12H,1-6H3;2*1-2H. The van der Waals surface area contributed by atoms with E-state index in [1.165, 1.54) is 16.7 Å². The van der Waals surface area contributed by atoms with Crippen LogP contribution in [0.5, 0.6) is 0 Å². The molecule has 0 heterocycles. The SMILES string of the molecule is CC(C)c1cc(C(C)C)cc(C(C)C)c1.OO.OO. The van der Waals surface area contributed by atoms with Gasteiger partial charge in [-0.25, -0.2) is 0 Å². The molecule has 19 heavy (non-hydrogen) atoms. The monoisotopic (exact) mass is 272 g/mol. The summed E-state index contributed by atoms with van der Waals surface area (Å²) in [5.74, 6) is 1.88. The van der Waals surface area contributed by atoms with Crippen LogP contribution in [0.15, 0.2) is 18.2 Å². The first-order chi connectivity index (χ1) is 8.91. The number of hydrogen-bond donors (Lipinski definition) is 4. The summed E-state index contributed by atoms with van der Waals surface area (Å²) in [5.41, 5.74) is 4.43. The molecule has 0 bridgehead atoms. The molecule has 112 valence electrons. The predicted octanol–water partition coefficient (Wildman–Crippen LogP) is 5.09. The molecule has 1 aromatic carbocycles. The minimum absolute atomic E-state index is 0.626. The van der Waals surface area contributed by atoms with Gasteiger partial charge in [0.15, 0.2) is 0 Å². The summed E-state index contributed by atoms with van der Waals surface area (Å²) >= 11 is 0. The van der Waals surface area contributed by atoms with Crippen molar-refractivity contribution in [3.8, 4) is 0 Å². The Balaban J connectivity index is 0. The summed E-state index contributed by atoms with van der Waals surface area (Å²) in [4.78, 5) is 0. The van der Waals surface area contributed by atoms with E-state index < -0.39 is 0 Å². The Labute approximate surface area is 116 Å². The maximum atomic E-state index is 6.00. The van der Waals surface area contributed by atoms with Gasteiger partial charge in [-0.15, -0.1) is 0 Å². The third kappa shape index (κ3) is 7.28. The molecular formula is C15H28O4. The van der Waals surface area contributed by atoms with E-state index in [-0.39, 0.29) is 0 Å². The van der Waals surface area contributed by atoms with Gasteiger partial charge >= 0.3 is 0 Å². The van der Waals surface area contributed by atoms with Gasteiger partial charge in [-0.3, -0.25) is 21.0 Å². The lowest BCUT2D eigenvalue weighted by atomic mass is 9.90. The minimum Gasteiger partial charge on any atom is -0.255 e. The summed E-state index contributed by atoms with van der Waals surface area (Å²) in [6.07, 6.45) is 0. The second-order valence-electron chi connectivity index (χ2n) is 5.40. The van der Waals surface area contributed by atoms with Crippen LogP contribution in [0.25, 0.3) is 0 Å². The molecule has 0 spiro atoms. The summed E-state index contributed by atoms with van der Waals surface area (Å²) in [6.45, 7) is 13.6. The van der Waals surface area contributed by atoms with E-state index in [2.05, 4.69) is 59.7 Å². The highest BCUT2D eigenvalue weighted by atomic mass is 17.0. The minimum atomic E-state index is 0.626. The molecule has 0 aliphatic heterocycles. The van der Waals surface area contributed by atoms with Gasteiger partial charge in [0.05, 0.1) is 0 Å². The number of rotatable bonds is 3. The lowest BCUT2D eigenvalue weighted by molar-refractivity contribution is -0.176. The van der Waals surface area contributed by atoms with Crippen LogP contribution in [0.4, 0.5) is 0 Å². The van der Waals surface area contributed by atoms with Gasteiger partial charge in [-0.2, -0.15) is 0 Å². The topological polar surface area (TPSA) is 80.9 Å². The zero-order valence-electron chi connectivity index (χ0n) is 12.8. The third-order valence-electron chi connectivity index (χ3n) is 3.00. The second kappa shape index (κ2) is 10.9. The van der Waals surface area contributed by atoms with Crippen LogP contribution < -0.4 is 0 Å². The van der Waals surface area contributed by atoms with Crippen molar-refractivity contribution in [2.24, 2.45) is 0 Å². The summed E-state index contributed by atoms with van der Waals surface area (Å²) in [5, 5.41) is 24.0. The maximum Gasteiger partial charge on any atom is -0.0219 e. The Hall–Kier alpha value is -0.940. The maximum absolute atomic E-state index is 6.00. The molecule has 0 atom stereocenters. The van der Waals surface area contributed by atoms with Gasteiger partial charge in [0, 0.05) is 0 Å². The van der Waals surface area contributed by atoms with Crippen molar-refractivity contribution in [1.29, 1.82) is 0 Å². The van der Waals surface area contributed by atoms with Crippen molar-refractivity contribution in [2.45, 2.75) is 59.3 Å². The van der Waals surface area contributed by atoms with Gasteiger partial charge in [0.1, 0.15) is 0 Å². The van der Waals surface area contributed by atoms with E-state index in [4.69, 9.17) is 21.0 Å². The number of hydrogen-bond acceptors (Lipinski definition) is 4. The predicted molar refractivity (Wildman–Crippen MR) is 79.2 cm³/mol. The largest absolute Gasteiger partial charge is 0.255 e. The van der Waals surface area contributed by atoms with Crippen molar-refractivity contribution >= 4 is 0 Å². The van der Waals surface area contributed by atoms with Crippen molar-refractivity contribution in [1.82, 2.24) is 0 Å². The van der Waals surface area contributed by atoms with Crippen LogP contribution >= 0.6 is 0 Å². The van der Waals surface area contributed by atoms with Crippen molar-refractivity contribution < 1.29 is 21.0 Å². The Bertz CT molecular complexity index is 268. The summed E-state index contributed by atoms with van der Waals surface area (Å²) in [7, 11) is 0. The molecule has 0 aliphatic carbocycles. The van der Waals surface area contributed by atoms with Crippen LogP contribution in [0.1, 0.15) is 76.0 Å². The van der Waals surface area contributed by atoms with Gasteiger partial charge < -0.3 is 0 Å². The average molecular weight is 272 g/mol. The van der Waals surface area contributed by atoms with Gasteiger partial charge in [0.2, 0.25) is 0 Å². The van der Waals surface area contributed by atoms with E-state index in [9.17, 15) is 0 Å². The van der Waals surface area contributed by atoms with E-state index in [1.807, 2.05) is 0 Å². The smallest absolute Gasteiger partial charge is 0.0219 e. The fraction of sp³-hybridized carbons (Fsp3) is 0.600. The summed E-state index contributed by atoms with van der Waals surface area (Å²) < 4.78 is 0. The van der Waals surface area contributed by atoms with Gasteiger partial charge in [-0.1, -0.05) is 59.7 Å². The van der Waals surface area contributed by atoms with E-state index in [1.54, 1.807) is 0 Å². The van der Waals surface area contributed by atoms with Crippen LogP contribution in [0, 0.1) is 0 Å². The molecule has 0 saturated heterocycles. The van der Waals surface area contributed by atoms with Crippen LogP contribution in [-0.4, -0.2) is 21.0 Å². The molecule has 0 amide bonds. The van der Waals surface area contributed by atoms with E-state index >= 15 is 0 Å². The quantitative estimate of drug-likeness (QED) is 0.456. The highest BCUT2D eigenvalue weighted by Crippen LogP contribution is 2.26. The van der Waals surface area contributed by atoms with Crippen LogP contribution in [0.2, 0.25) is 0 Å². The lowest BCUT2D eigenvalue weighted by Gasteiger charge is -2.16. The zero-order valence-corrected chi connectivity index (χ0v) is 12.8. The Morgan fingerprint density at radius 3 is 0.789 bits per heavy atom. The molecular weight excluding hydrogens is 244 g/mol. The molecule has 1 aromatic rings. The number of benzene rings is 1. The fourth-order valence-corrected chi connectivity index (χ4v) is 1.70. The van der Waals surface area contributed by atoms with E-state index in [0.29, 0.717) is 17.8 Å². The molecule has 0 fully saturated rings. The summed E-state index contributed by atoms with van der Waals surface area (Å²) in [6, 6.07) is 7.09. The lowest BCUT2D eigenvalue weighted by Crippen LogP contribution is -1.98. The Morgan fingerprint density at radius 1 is 0.526 bits per heavy atom. The molecule has 0 unspecified atom stereocenters. The van der Waals surface area contributed by atoms with Gasteiger partial charge in [0.25, 0.3) is 0 Å². The average Bonchev–Trinajstić information content (AvgIpc) is 2.42. The Kier molecular flexibility index (Phi) is 11.7. The van der Waals surface area contributed by atoms with E-state index in [0.717, 1.165) is 0 Å². The molecule has 1 rings (SSSR count). The van der Waals surface area contributed by atoms with Crippen molar-refractivity contribution in [3.63, 3.8) is 0 Å².